The van der Waals surface area contributed by atoms with Gasteiger partial charge >= 0.3 is 0 Å². The molecule has 0 bridgehead atoms. The lowest BCUT2D eigenvalue weighted by atomic mass is 10.3. The summed E-state index contributed by atoms with van der Waals surface area (Å²) in [5, 5.41) is 3.46. The number of allylic oxidation sites excluding steroid dienone is 1. The molecule has 0 radical (unpaired) electrons. The van der Waals surface area contributed by atoms with Gasteiger partial charge in [0.05, 0.1) is 6.33 Å². The molecule has 0 fully saturated rings. The highest BCUT2D eigenvalue weighted by atomic mass is 35.5. The van der Waals surface area contributed by atoms with Crippen LogP contribution in [0.5, 0.6) is 0 Å². The Labute approximate surface area is 117 Å². The van der Waals surface area contributed by atoms with E-state index in [0.29, 0.717) is 12.4 Å². The highest BCUT2D eigenvalue weighted by molar-refractivity contribution is 6.28. The number of rotatable bonds is 4. The molecule has 2 heterocycles. The lowest BCUT2D eigenvalue weighted by Gasteiger charge is -2.08. The second kappa shape index (κ2) is 5.57. The largest absolute Gasteiger partial charge is 0.365 e. The summed E-state index contributed by atoms with van der Waals surface area (Å²) < 4.78 is 1.98. The third kappa shape index (κ3) is 3.04. The van der Waals surface area contributed by atoms with Crippen LogP contribution in [0.3, 0.4) is 0 Å². The Morgan fingerprint density at radius 1 is 1.42 bits per heavy atom. The predicted molar refractivity (Wildman–Crippen MR) is 78.6 cm³/mol. The molecule has 19 heavy (non-hydrogen) atoms. The van der Waals surface area contributed by atoms with Crippen molar-refractivity contribution in [2.45, 2.75) is 33.7 Å². The summed E-state index contributed by atoms with van der Waals surface area (Å²) in [6.07, 6.45) is 3.85. The normalized spacial score (nSPS) is 11.1. The van der Waals surface area contributed by atoms with Crippen molar-refractivity contribution in [3.8, 4) is 0 Å². The third-order valence-corrected chi connectivity index (χ3v) is 2.90. The van der Waals surface area contributed by atoms with Crippen molar-refractivity contribution in [2.75, 3.05) is 11.9 Å². The quantitative estimate of drug-likeness (QED) is 0.688. The molecule has 102 valence electrons. The van der Waals surface area contributed by atoms with Crippen LogP contribution in [0.4, 0.5) is 5.82 Å². The number of nitrogens with zero attached hydrogens (tertiary/aromatic N) is 4. The van der Waals surface area contributed by atoms with Crippen molar-refractivity contribution >= 4 is 28.6 Å². The van der Waals surface area contributed by atoms with Crippen LogP contribution in [0, 0.1) is 0 Å². The summed E-state index contributed by atoms with van der Waals surface area (Å²) in [6, 6.07) is 0.279. The Morgan fingerprint density at radius 2 is 2.16 bits per heavy atom. The number of nitrogens with one attached hydrogen (secondary N) is 1. The summed E-state index contributed by atoms with van der Waals surface area (Å²) in [6.45, 7) is 8.95. The van der Waals surface area contributed by atoms with Gasteiger partial charge in [-0.2, -0.15) is 9.97 Å². The maximum Gasteiger partial charge on any atom is 0.226 e. The van der Waals surface area contributed by atoms with E-state index in [4.69, 9.17) is 11.6 Å². The molecule has 1 N–H and O–H groups in total. The highest BCUT2D eigenvalue weighted by Gasteiger charge is 2.13. The van der Waals surface area contributed by atoms with E-state index in [9.17, 15) is 0 Å². The Morgan fingerprint density at radius 3 is 2.79 bits per heavy atom. The van der Waals surface area contributed by atoms with E-state index in [0.717, 1.165) is 11.2 Å². The third-order valence-electron chi connectivity index (χ3n) is 2.73. The monoisotopic (exact) mass is 279 g/mol. The van der Waals surface area contributed by atoms with Gasteiger partial charge in [-0.15, -0.1) is 0 Å². The van der Waals surface area contributed by atoms with Crippen LogP contribution < -0.4 is 5.32 Å². The van der Waals surface area contributed by atoms with Crippen LogP contribution in [-0.2, 0) is 0 Å². The molecule has 0 unspecified atom stereocenters. The molecule has 0 amide bonds. The molecule has 2 aromatic heterocycles. The number of hydrogen-bond acceptors (Lipinski definition) is 4. The van der Waals surface area contributed by atoms with Gasteiger partial charge in [0, 0.05) is 12.6 Å². The summed E-state index contributed by atoms with van der Waals surface area (Å²) in [4.78, 5) is 12.8. The van der Waals surface area contributed by atoms with E-state index in [1.165, 1.54) is 5.57 Å². The van der Waals surface area contributed by atoms with Gasteiger partial charge in [-0.25, -0.2) is 4.98 Å². The number of halogens is 1. The zero-order chi connectivity index (χ0) is 14.0. The molecule has 0 spiro atoms. The van der Waals surface area contributed by atoms with Gasteiger partial charge in [0.15, 0.2) is 17.0 Å². The molecule has 2 rings (SSSR count). The Bertz CT molecular complexity index is 611. The number of anilines is 1. The molecule has 0 aromatic carbocycles. The average molecular weight is 280 g/mol. The first-order valence-electron chi connectivity index (χ1n) is 6.26. The summed E-state index contributed by atoms with van der Waals surface area (Å²) in [5.41, 5.74) is 2.76. The van der Waals surface area contributed by atoms with Crippen LogP contribution in [0.2, 0.25) is 5.28 Å². The summed E-state index contributed by atoms with van der Waals surface area (Å²) in [5.74, 6) is 0.673. The van der Waals surface area contributed by atoms with Gasteiger partial charge in [-0.3, -0.25) is 0 Å². The van der Waals surface area contributed by atoms with Gasteiger partial charge in [0.1, 0.15) is 0 Å². The first kappa shape index (κ1) is 13.8. The van der Waals surface area contributed by atoms with E-state index in [1.54, 1.807) is 6.33 Å². The fourth-order valence-electron chi connectivity index (χ4n) is 1.74. The first-order chi connectivity index (χ1) is 8.99. The molecule has 0 aliphatic heterocycles. The minimum atomic E-state index is 0.231. The topological polar surface area (TPSA) is 55.6 Å². The van der Waals surface area contributed by atoms with Gasteiger partial charge < -0.3 is 9.88 Å². The SMILES string of the molecule is CC(C)=CCNc1nc(Cl)nc2c1ncn2C(C)C. The van der Waals surface area contributed by atoms with E-state index in [-0.39, 0.29) is 11.3 Å². The standard InChI is InChI=1S/C13H18ClN5/c1-8(2)5-6-15-11-10-12(18-13(14)17-11)19(7-16-10)9(3)4/h5,7,9H,6H2,1-4H3,(H,15,17,18). The predicted octanol–water partition coefficient (Wildman–Crippen LogP) is 3.44. The lowest BCUT2D eigenvalue weighted by Crippen LogP contribution is -2.05. The number of imidazole rings is 1. The van der Waals surface area contributed by atoms with Crippen molar-refractivity contribution in [3.05, 3.63) is 23.3 Å². The number of fused-ring (bicyclic) bond motifs is 1. The molecular formula is C13H18ClN5. The van der Waals surface area contributed by atoms with Crippen LogP contribution >= 0.6 is 11.6 Å². The molecule has 5 nitrogen and oxygen atoms in total. The summed E-state index contributed by atoms with van der Waals surface area (Å²) >= 11 is 5.98. The van der Waals surface area contributed by atoms with Crippen molar-refractivity contribution in [1.29, 1.82) is 0 Å². The second-order valence-corrected chi connectivity index (χ2v) is 5.26. The van der Waals surface area contributed by atoms with E-state index < -0.39 is 0 Å². The smallest absolute Gasteiger partial charge is 0.226 e. The average Bonchev–Trinajstić information content (AvgIpc) is 2.71. The van der Waals surface area contributed by atoms with E-state index >= 15 is 0 Å². The Balaban J connectivity index is 2.41. The fourth-order valence-corrected chi connectivity index (χ4v) is 1.91. The summed E-state index contributed by atoms with van der Waals surface area (Å²) in [7, 11) is 0. The van der Waals surface area contributed by atoms with Crippen LogP contribution in [-0.4, -0.2) is 26.1 Å². The second-order valence-electron chi connectivity index (χ2n) is 4.92. The zero-order valence-corrected chi connectivity index (χ0v) is 12.4. The molecule has 2 aromatic rings. The van der Waals surface area contributed by atoms with Gasteiger partial charge in [-0.1, -0.05) is 11.6 Å². The number of hydrogen-bond donors (Lipinski definition) is 1. The first-order valence-corrected chi connectivity index (χ1v) is 6.64. The fraction of sp³-hybridized carbons (Fsp3) is 0.462. The molecule has 0 saturated heterocycles. The van der Waals surface area contributed by atoms with E-state index in [1.807, 2.05) is 4.57 Å². The lowest BCUT2D eigenvalue weighted by molar-refractivity contribution is 0.612. The van der Waals surface area contributed by atoms with Crippen molar-refractivity contribution in [2.24, 2.45) is 0 Å². The van der Waals surface area contributed by atoms with Gasteiger partial charge in [0.25, 0.3) is 0 Å². The van der Waals surface area contributed by atoms with Gasteiger partial charge in [0.2, 0.25) is 5.28 Å². The minimum absolute atomic E-state index is 0.231. The zero-order valence-electron chi connectivity index (χ0n) is 11.6. The molecule has 0 aliphatic carbocycles. The number of aromatic nitrogens is 4. The van der Waals surface area contributed by atoms with E-state index in [2.05, 4.69) is 54.0 Å². The molecule has 0 saturated carbocycles. The molecule has 0 aliphatic rings. The maximum atomic E-state index is 5.98. The molecule has 0 atom stereocenters. The minimum Gasteiger partial charge on any atom is -0.365 e. The maximum absolute atomic E-state index is 5.98. The molecule has 6 heteroatoms. The van der Waals surface area contributed by atoms with Crippen molar-refractivity contribution in [3.63, 3.8) is 0 Å². The van der Waals surface area contributed by atoms with Gasteiger partial charge in [-0.05, 0) is 39.3 Å². The van der Waals surface area contributed by atoms with Crippen LogP contribution in [0.25, 0.3) is 11.2 Å². The Kier molecular flexibility index (Phi) is 4.04. The Hall–Kier alpha value is -1.62. The molecular weight excluding hydrogens is 262 g/mol. The van der Waals surface area contributed by atoms with Crippen molar-refractivity contribution in [1.82, 2.24) is 19.5 Å². The van der Waals surface area contributed by atoms with Crippen LogP contribution in [0.1, 0.15) is 33.7 Å². The van der Waals surface area contributed by atoms with Crippen molar-refractivity contribution < 1.29 is 0 Å². The van der Waals surface area contributed by atoms with Crippen LogP contribution in [0.15, 0.2) is 18.0 Å². The highest BCUT2D eigenvalue weighted by Crippen LogP contribution is 2.23.